The Balaban J connectivity index is 2.02. The van der Waals surface area contributed by atoms with Crippen LogP contribution in [0.3, 0.4) is 0 Å². The van der Waals surface area contributed by atoms with E-state index in [9.17, 15) is 18.3 Å². The average Bonchev–Trinajstić information content (AvgIpc) is 3.32. The summed E-state index contributed by atoms with van der Waals surface area (Å²) >= 11 is 12.3. The van der Waals surface area contributed by atoms with Gasteiger partial charge in [-0.2, -0.15) is 5.10 Å². The van der Waals surface area contributed by atoms with E-state index in [0.29, 0.717) is 25.1 Å². The van der Waals surface area contributed by atoms with E-state index in [2.05, 4.69) is 10.1 Å². The van der Waals surface area contributed by atoms with E-state index in [4.69, 9.17) is 23.2 Å². The number of aliphatic carboxylic acids is 1. The van der Waals surface area contributed by atoms with Gasteiger partial charge in [-0.15, -0.1) is 0 Å². The van der Waals surface area contributed by atoms with Crippen LogP contribution in [0.5, 0.6) is 0 Å². The van der Waals surface area contributed by atoms with Gasteiger partial charge in [-0.3, -0.25) is 0 Å². The van der Waals surface area contributed by atoms with Crippen molar-refractivity contribution in [1.29, 1.82) is 0 Å². The molecule has 1 aromatic carbocycles. The van der Waals surface area contributed by atoms with Crippen LogP contribution >= 0.6 is 23.2 Å². The van der Waals surface area contributed by atoms with Crippen LogP contribution in [0.2, 0.25) is 10.2 Å². The molecule has 1 unspecified atom stereocenters. The number of benzene rings is 1. The fourth-order valence-corrected chi connectivity index (χ4v) is 6.11. The topological polar surface area (TPSA) is 105 Å². The number of anilines is 1. The van der Waals surface area contributed by atoms with Crippen molar-refractivity contribution in [2.24, 2.45) is 0 Å². The lowest BCUT2D eigenvalue weighted by Crippen LogP contribution is -2.38. The van der Waals surface area contributed by atoms with Crippen molar-refractivity contribution in [3.8, 4) is 5.69 Å². The van der Waals surface area contributed by atoms with Crippen LogP contribution in [0.15, 0.2) is 52.4 Å². The van der Waals surface area contributed by atoms with Crippen LogP contribution in [0.25, 0.3) is 5.69 Å². The molecule has 4 rings (SSSR count). The van der Waals surface area contributed by atoms with Crippen molar-refractivity contribution in [2.75, 3.05) is 11.4 Å². The molecule has 11 heteroatoms. The molecule has 1 aliphatic heterocycles. The number of aromatic nitrogens is 3. The zero-order valence-electron chi connectivity index (χ0n) is 16.4. The van der Waals surface area contributed by atoms with Crippen molar-refractivity contribution < 1.29 is 18.3 Å². The maximum absolute atomic E-state index is 13.7. The highest BCUT2D eigenvalue weighted by molar-refractivity contribution is 7.91. The molecular formula is C20H18Cl2N4O4S. The molecule has 1 fully saturated rings. The smallest absolute Gasteiger partial charge is 0.326 e. The summed E-state index contributed by atoms with van der Waals surface area (Å²) < 4.78 is 28.8. The lowest BCUT2D eigenvalue weighted by Gasteiger charge is -2.25. The molecule has 3 heterocycles. The van der Waals surface area contributed by atoms with Gasteiger partial charge < -0.3 is 10.0 Å². The molecular weight excluding hydrogens is 463 g/mol. The SMILES string of the molecule is Cc1nn(-c2ccnc(Cl)c2)c(N2CCCC2C(=O)O)c1S(=O)(=O)c1ccccc1Cl. The van der Waals surface area contributed by atoms with Crippen molar-refractivity contribution >= 4 is 44.8 Å². The van der Waals surface area contributed by atoms with Gasteiger partial charge in [0.05, 0.1) is 21.3 Å². The summed E-state index contributed by atoms with van der Waals surface area (Å²) in [4.78, 5) is 17.3. The predicted molar refractivity (Wildman–Crippen MR) is 116 cm³/mol. The maximum Gasteiger partial charge on any atom is 0.326 e. The molecule has 1 N–H and O–H groups in total. The number of halogens is 2. The number of carbonyl (C=O) groups is 1. The van der Waals surface area contributed by atoms with Crippen LogP contribution in [-0.4, -0.2) is 46.8 Å². The minimum Gasteiger partial charge on any atom is -0.480 e. The Bertz CT molecular complexity index is 1280. The Labute approximate surface area is 189 Å². The third-order valence-electron chi connectivity index (χ3n) is 5.14. The first-order valence-electron chi connectivity index (χ1n) is 9.42. The molecule has 0 aliphatic carbocycles. The molecule has 2 aromatic heterocycles. The number of aryl methyl sites for hydroxylation is 1. The fourth-order valence-electron chi connectivity index (χ4n) is 3.82. The Morgan fingerprint density at radius 2 is 1.97 bits per heavy atom. The second kappa shape index (κ2) is 8.14. The third-order valence-corrected chi connectivity index (χ3v) is 7.74. The zero-order valence-corrected chi connectivity index (χ0v) is 18.7. The molecule has 0 bridgehead atoms. The molecule has 0 amide bonds. The summed E-state index contributed by atoms with van der Waals surface area (Å²) in [7, 11) is -4.11. The van der Waals surface area contributed by atoms with Gasteiger partial charge in [0.25, 0.3) is 0 Å². The molecule has 162 valence electrons. The summed E-state index contributed by atoms with van der Waals surface area (Å²) in [6.45, 7) is 1.93. The van der Waals surface area contributed by atoms with Crippen LogP contribution in [0.4, 0.5) is 5.82 Å². The summed E-state index contributed by atoms with van der Waals surface area (Å²) in [6.07, 6.45) is 2.46. The van der Waals surface area contributed by atoms with Crippen molar-refractivity contribution in [3.63, 3.8) is 0 Å². The minimum atomic E-state index is -4.11. The van der Waals surface area contributed by atoms with E-state index >= 15 is 0 Å². The molecule has 0 spiro atoms. The highest BCUT2D eigenvalue weighted by Crippen LogP contribution is 2.40. The van der Waals surface area contributed by atoms with Crippen LogP contribution in [-0.2, 0) is 14.6 Å². The second-order valence-corrected chi connectivity index (χ2v) is 9.76. The van der Waals surface area contributed by atoms with Gasteiger partial charge in [-0.1, -0.05) is 35.3 Å². The quantitative estimate of drug-likeness (QED) is 0.553. The molecule has 8 nitrogen and oxygen atoms in total. The third kappa shape index (κ3) is 3.77. The van der Waals surface area contributed by atoms with E-state index in [1.54, 1.807) is 30.0 Å². The summed E-state index contributed by atoms with van der Waals surface area (Å²) in [5.74, 6) is -0.860. The lowest BCUT2D eigenvalue weighted by molar-refractivity contribution is -0.138. The van der Waals surface area contributed by atoms with Crippen molar-refractivity contribution in [3.05, 3.63) is 58.5 Å². The van der Waals surface area contributed by atoms with Gasteiger partial charge in [0.2, 0.25) is 9.84 Å². The van der Waals surface area contributed by atoms with E-state index in [1.165, 1.54) is 29.1 Å². The number of pyridine rings is 1. The Morgan fingerprint density at radius 1 is 1.23 bits per heavy atom. The molecule has 1 saturated heterocycles. The summed E-state index contributed by atoms with van der Waals surface area (Å²) in [5, 5.41) is 14.5. The van der Waals surface area contributed by atoms with Gasteiger partial charge in [0.15, 0.2) is 5.82 Å². The van der Waals surface area contributed by atoms with Gasteiger partial charge >= 0.3 is 5.97 Å². The van der Waals surface area contributed by atoms with Crippen molar-refractivity contribution in [1.82, 2.24) is 14.8 Å². The first kappa shape index (κ1) is 21.6. The first-order valence-corrected chi connectivity index (χ1v) is 11.7. The molecule has 0 radical (unpaired) electrons. The number of nitrogens with zero attached hydrogens (tertiary/aromatic N) is 4. The number of carboxylic acids is 1. The minimum absolute atomic E-state index is 0.0700. The standard InChI is InChI=1S/C20H18Cl2N4O4S/c1-12-18(31(29,30)16-7-3-2-5-14(16)21)19(25-10-4-6-15(25)20(27)28)26(24-12)13-8-9-23-17(22)11-13/h2-3,5,7-9,11,15H,4,6,10H2,1H3,(H,27,28). The highest BCUT2D eigenvalue weighted by Gasteiger charge is 2.39. The highest BCUT2D eigenvalue weighted by atomic mass is 35.5. The average molecular weight is 481 g/mol. The van der Waals surface area contributed by atoms with Gasteiger partial charge in [-0.05, 0) is 38.0 Å². The van der Waals surface area contributed by atoms with Crippen LogP contribution in [0, 0.1) is 6.92 Å². The number of rotatable bonds is 5. The van der Waals surface area contributed by atoms with Crippen molar-refractivity contribution in [2.45, 2.75) is 35.6 Å². The number of carboxylic acid groups (broad SMARTS) is 1. The normalized spacial score (nSPS) is 16.6. The van der Waals surface area contributed by atoms with E-state index in [0.717, 1.165) is 0 Å². The number of hydrogen-bond donors (Lipinski definition) is 1. The lowest BCUT2D eigenvalue weighted by atomic mass is 10.2. The van der Waals surface area contributed by atoms with Crippen LogP contribution in [0.1, 0.15) is 18.5 Å². The monoisotopic (exact) mass is 480 g/mol. The number of hydrogen-bond acceptors (Lipinski definition) is 6. The number of sulfone groups is 1. The Kier molecular flexibility index (Phi) is 5.67. The zero-order chi connectivity index (χ0) is 22.3. The maximum atomic E-state index is 13.7. The van der Waals surface area contributed by atoms with Gasteiger partial charge in [-0.25, -0.2) is 22.9 Å². The summed E-state index contributed by atoms with van der Waals surface area (Å²) in [6, 6.07) is 8.41. The first-order chi connectivity index (χ1) is 14.7. The largest absolute Gasteiger partial charge is 0.480 e. The van der Waals surface area contributed by atoms with E-state index in [-0.39, 0.29) is 31.5 Å². The van der Waals surface area contributed by atoms with E-state index in [1.807, 2.05) is 0 Å². The van der Waals surface area contributed by atoms with Gasteiger partial charge in [0.1, 0.15) is 16.1 Å². The Morgan fingerprint density at radius 3 is 2.65 bits per heavy atom. The molecule has 31 heavy (non-hydrogen) atoms. The molecule has 1 aliphatic rings. The van der Waals surface area contributed by atoms with Gasteiger partial charge in [0, 0.05) is 18.8 Å². The summed E-state index contributed by atoms with van der Waals surface area (Å²) in [5.41, 5.74) is 0.689. The molecule has 0 saturated carbocycles. The predicted octanol–water partition coefficient (Wildman–Crippen LogP) is 3.77. The molecule has 3 aromatic rings. The van der Waals surface area contributed by atoms with Crippen LogP contribution < -0.4 is 4.90 Å². The molecule has 1 atom stereocenters. The van der Waals surface area contributed by atoms with E-state index < -0.39 is 21.8 Å². The second-order valence-electron chi connectivity index (χ2n) is 7.11. The fraction of sp³-hybridized carbons (Fsp3) is 0.250. The Hall–Kier alpha value is -2.62.